The summed E-state index contributed by atoms with van der Waals surface area (Å²) in [6.07, 6.45) is 3.03. The monoisotopic (exact) mass is 201 g/mol. The van der Waals surface area contributed by atoms with Gasteiger partial charge >= 0.3 is 0 Å². The molecule has 5 nitrogen and oxygen atoms in total. The summed E-state index contributed by atoms with van der Waals surface area (Å²) in [5.74, 6) is 0. The van der Waals surface area contributed by atoms with Gasteiger partial charge < -0.3 is 0 Å². The van der Waals surface area contributed by atoms with Crippen molar-refractivity contribution in [1.29, 1.82) is 0 Å². The minimum Gasteiger partial charge on any atom is -0.258 e. The van der Waals surface area contributed by atoms with Gasteiger partial charge in [-0.1, -0.05) is 6.07 Å². The highest BCUT2D eigenvalue weighted by Gasteiger charge is 2.08. The Hall–Kier alpha value is -2.30. The van der Waals surface area contributed by atoms with Crippen molar-refractivity contribution in [2.75, 3.05) is 0 Å². The van der Waals surface area contributed by atoms with Gasteiger partial charge in [0.05, 0.1) is 16.3 Å². The zero-order valence-corrected chi connectivity index (χ0v) is 7.70. The number of pyridine rings is 2. The average molecular weight is 201 g/mol. The van der Waals surface area contributed by atoms with E-state index in [0.29, 0.717) is 11.4 Å². The molecule has 0 saturated heterocycles. The second-order valence-corrected chi connectivity index (χ2v) is 2.87. The van der Waals surface area contributed by atoms with Crippen LogP contribution >= 0.6 is 0 Å². The molecule has 0 aromatic carbocycles. The van der Waals surface area contributed by atoms with Crippen molar-refractivity contribution in [3.63, 3.8) is 0 Å². The van der Waals surface area contributed by atoms with Crippen LogP contribution in [0.5, 0.6) is 0 Å². The van der Waals surface area contributed by atoms with E-state index in [4.69, 9.17) is 0 Å². The van der Waals surface area contributed by atoms with Gasteiger partial charge in [-0.05, 0) is 12.1 Å². The van der Waals surface area contributed by atoms with Crippen LogP contribution in [0.2, 0.25) is 0 Å². The molecule has 74 valence electrons. The zero-order chi connectivity index (χ0) is 10.7. The van der Waals surface area contributed by atoms with E-state index in [1.807, 2.05) is 6.07 Å². The first-order chi connectivity index (χ1) is 7.27. The largest absolute Gasteiger partial charge is 0.273 e. The molecular weight excluding hydrogens is 194 g/mol. The van der Waals surface area contributed by atoms with Crippen LogP contribution in [0, 0.1) is 10.1 Å². The second kappa shape index (κ2) is 3.83. The molecule has 0 aliphatic rings. The van der Waals surface area contributed by atoms with E-state index in [9.17, 15) is 10.1 Å². The van der Waals surface area contributed by atoms with Crippen LogP contribution in [0.15, 0.2) is 42.7 Å². The molecule has 0 unspecified atom stereocenters. The highest BCUT2D eigenvalue weighted by Crippen LogP contribution is 2.18. The van der Waals surface area contributed by atoms with Crippen molar-refractivity contribution in [3.05, 3.63) is 52.8 Å². The predicted octanol–water partition coefficient (Wildman–Crippen LogP) is 2.05. The summed E-state index contributed by atoms with van der Waals surface area (Å²) >= 11 is 0. The lowest BCUT2D eigenvalue weighted by Gasteiger charge is -1.98. The van der Waals surface area contributed by atoms with Gasteiger partial charge in [0, 0.05) is 24.5 Å². The van der Waals surface area contributed by atoms with Crippen LogP contribution in [-0.4, -0.2) is 14.9 Å². The topological polar surface area (TPSA) is 68.9 Å². The number of aromatic nitrogens is 2. The molecular formula is C10H7N3O2. The minimum absolute atomic E-state index is 0.0191. The molecule has 0 saturated carbocycles. The Morgan fingerprint density at radius 3 is 2.53 bits per heavy atom. The minimum atomic E-state index is -0.450. The Labute approximate surface area is 85.6 Å². The van der Waals surface area contributed by atoms with Gasteiger partial charge in [-0.2, -0.15) is 0 Å². The number of nitro groups is 1. The summed E-state index contributed by atoms with van der Waals surface area (Å²) in [5, 5.41) is 10.5. The number of hydrogen-bond donors (Lipinski definition) is 0. The lowest BCUT2D eigenvalue weighted by Crippen LogP contribution is -1.91. The molecule has 2 aromatic rings. The third-order valence-electron chi connectivity index (χ3n) is 1.88. The van der Waals surface area contributed by atoms with Gasteiger partial charge in [0.1, 0.15) is 0 Å². The van der Waals surface area contributed by atoms with E-state index in [0.717, 1.165) is 0 Å². The summed E-state index contributed by atoms with van der Waals surface area (Å²) in [5.41, 5.74) is 1.15. The van der Waals surface area contributed by atoms with E-state index < -0.39 is 4.92 Å². The molecule has 0 aliphatic heterocycles. The van der Waals surface area contributed by atoms with Crippen LogP contribution in [-0.2, 0) is 0 Å². The third kappa shape index (κ3) is 1.96. The fourth-order valence-corrected chi connectivity index (χ4v) is 1.19. The van der Waals surface area contributed by atoms with Crippen molar-refractivity contribution in [1.82, 2.24) is 9.97 Å². The normalized spacial score (nSPS) is 9.87. The maximum atomic E-state index is 10.5. The van der Waals surface area contributed by atoms with Crippen molar-refractivity contribution in [2.24, 2.45) is 0 Å². The zero-order valence-electron chi connectivity index (χ0n) is 7.70. The van der Waals surface area contributed by atoms with Crippen LogP contribution in [0.25, 0.3) is 11.4 Å². The highest BCUT2D eigenvalue weighted by atomic mass is 16.6. The molecule has 15 heavy (non-hydrogen) atoms. The Kier molecular flexibility index (Phi) is 2.37. The molecule has 2 rings (SSSR count). The van der Waals surface area contributed by atoms with Gasteiger partial charge in [-0.15, -0.1) is 0 Å². The average Bonchev–Trinajstić information content (AvgIpc) is 2.30. The maximum Gasteiger partial charge on any atom is 0.273 e. The standard InChI is InChI=1S/C10H7N3O2/c14-13(15)8-4-6-12-10(7-8)9-3-1-2-5-11-9/h1-7H. The fourth-order valence-electron chi connectivity index (χ4n) is 1.19. The highest BCUT2D eigenvalue weighted by molar-refractivity contribution is 5.56. The van der Waals surface area contributed by atoms with Crippen molar-refractivity contribution in [3.8, 4) is 11.4 Å². The summed E-state index contributed by atoms with van der Waals surface area (Å²) < 4.78 is 0. The van der Waals surface area contributed by atoms with E-state index >= 15 is 0 Å². The first-order valence-electron chi connectivity index (χ1n) is 4.29. The first kappa shape index (κ1) is 9.26. The number of rotatable bonds is 2. The Morgan fingerprint density at radius 1 is 1.07 bits per heavy atom. The predicted molar refractivity (Wildman–Crippen MR) is 54.1 cm³/mol. The Morgan fingerprint density at radius 2 is 1.87 bits per heavy atom. The molecule has 2 heterocycles. The number of nitrogens with zero attached hydrogens (tertiary/aromatic N) is 3. The van der Waals surface area contributed by atoms with Crippen molar-refractivity contribution in [2.45, 2.75) is 0 Å². The first-order valence-corrected chi connectivity index (χ1v) is 4.29. The smallest absolute Gasteiger partial charge is 0.258 e. The summed E-state index contributed by atoms with van der Waals surface area (Å²) in [4.78, 5) is 18.2. The van der Waals surface area contributed by atoms with Crippen LogP contribution in [0.1, 0.15) is 0 Å². The molecule has 0 aliphatic carbocycles. The third-order valence-corrected chi connectivity index (χ3v) is 1.88. The lowest BCUT2D eigenvalue weighted by atomic mass is 10.2. The molecule has 0 radical (unpaired) electrons. The van der Waals surface area contributed by atoms with Crippen LogP contribution in [0.4, 0.5) is 5.69 Å². The molecule has 5 heteroatoms. The Balaban J connectivity index is 2.46. The molecule has 0 atom stereocenters. The van der Waals surface area contributed by atoms with Gasteiger partial charge in [0.15, 0.2) is 0 Å². The summed E-state index contributed by atoms with van der Waals surface area (Å²) in [6.45, 7) is 0. The van der Waals surface area contributed by atoms with E-state index in [1.54, 1.807) is 18.3 Å². The molecule has 0 amide bonds. The number of hydrogen-bond acceptors (Lipinski definition) is 4. The molecule has 0 bridgehead atoms. The molecule has 0 N–H and O–H groups in total. The van der Waals surface area contributed by atoms with E-state index in [1.165, 1.54) is 18.3 Å². The summed E-state index contributed by atoms with van der Waals surface area (Å²) in [7, 11) is 0. The summed E-state index contributed by atoms with van der Waals surface area (Å²) in [6, 6.07) is 8.10. The molecule has 0 spiro atoms. The van der Waals surface area contributed by atoms with Crippen molar-refractivity contribution >= 4 is 5.69 Å². The molecule has 0 fully saturated rings. The van der Waals surface area contributed by atoms with Gasteiger partial charge in [-0.25, -0.2) is 0 Å². The van der Waals surface area contributed by atoms with Crippen LogP contribution < -0.4 is 0 Å². The van der Waals surface area contributed by atoms with Gasteiger partial charge in [0.2, 0.25) is 0 Å². The SMILES string of the molecule is O=[N+]([O-])c1ccnc(-c2ccccn2)c1. The maximum absolute atomic E-state index is 10.5. The van der Waals surface area contributed by atoms with Crippen molar-refractivity contribution < 1.29 is 4.92 Å². The molecule has 2 aromatic heterocycles. The Bertz CT molecular complexity index is 485. The van der Waals surface area contributed by atoms with Gasteiger partial charge in [0.25, 0.3) is 5.69 Å². The van der Waals surface area contributed by atoms with E-state index in [2.05, 4.69) is 9.97 Å². The van der Waals surface area contributed by atoms with Crippen LogP contribution in [0.3, 0.4) is 0 Å². The fraction of sp³-hybridized carbons (Fsp3) is 0. The quantitative estimate of drug-likeness (QED) is 0.550. The van der Waals surface area contributed by atoms with E-state index in [-0.39, 0.29) is 5.69 Å². The second-order valence-electron chi connectivity index (χ2n) is 2.87. The lowest BCUT2D eigenvalue weighted by molar-refractivity contribution is -0.384. The van der Waals surface area contributed by atoms with Gasteiger partial charge in [-0.3, -0.25) is 20.1 Å².